The zero-order valence-electron chi connectivity index (χ0n) is 15.7. The lowest BCUT2D eigenvalue weighted by Crippen LogP contribution is -2.44. The van der Waals surface area contributed by atoms with Crippen LogP contribution in [0.5, 0.6) is 0 Å². The molecule has 5 rings (SSSR count). The molecule has 1 aliphatic heterocycles. The van der Waals surface area contributed by atoms with Crippen LogP contribution in [-0.4, -0.2) is 45.5 Å². The van der Waals surface area contributed by atoms with Gasteiger partial charge >= 0.3 is 0 Å². The third kappa shape index (κ3) is 3.39. The van der Waals surface area contributed by atoms with Crippen LogP contribution in [0.25, 0.3) is 20.7 Å². The highest BCUT2D eigenvalue weighted by Crippen LogP contribution is 2.36. The molecule has 4 aromatic rings. The number of anilines is 1. The fourth-order valence-corrected chi connectivity index (χ4v) is 4.64. The SMILES string of the molecule is Cc1cnn(CC2CN(c3ncnc4sc(-c5ccccc5)cc34)CCO2)c1. The number of benzene rings is 1. The molecule has 3 aromatic heterocycles. The first-order valence-electron chi connectivity index (χ1n) is 9.42. The molecular weight excluding hydrogens is 370 g/mol. The van der Waals surface area contributed by atoms with Crippen LogP contribution in [0.3, 0.4) is 0 Å². The average Bonchev–Trinajstić information content (AvgIpc) is 3.34. The molecule has 0 bridgehead atoms. The number of hydrogen-bond acceptors (Lipinski definition) is 6. The van der Waals surface area contributed by atoms with Gasteiger partial charge in [0.05, 0.1) is 30.8 Å². The van der Waals surface area contributed by atoms with Crippen molar-refractivity contribution in [3.63, 3.8) is 0 Å². The number of aryl methyl sites for hydroxylation is 1. The van der Waals surface area contributed by atoms with Crippen molar-refractivity contribution in [2.75, 3.05) is 24.6 Å². The first-order valence-corrected chi connectivity index (χ1v) is 10.2. The Morgan fingerprint density at radius 1 is 1.21 bits per heavy atom. The van der Waals surface area contributed by atoms with Gasteiger partial charge in [-0.25, -0.2) is 9.97 Å². The van der Waals surface area contributed by atoms with Crippen LogP contribution in [0.4, 0.5) is 5.82 Å². The van der Waals surface area contributed by atoms with E-state index in [-0.39, 0.29) is 6.10 Å². The zero-order valence-corrected chi connectivity index (χ0v) is 16.5. The lowest BCUT2D eigenvalue weighted by Gasteiger charge is -2.33. The number of ether oxygens (including phenoxy) is 1. The molecule has 1 saturated heterocycles. The van der Waals surface area contributed by atoms with Gasteiger partial charge in [0.1, 0.15) is 17.0 Å². The molecule has 28 heavy (non-hydrogen) atoms. The molecule has 0 radical (unpaired) electrons. The summed E-state index contributed by atoms with van der Waals surface area (Å²) in [5, 5.41) is 5.50. The van der Waals surface area contributed by atoms with Crippen LogP contribution in [0.1, 0.15) is 5.56 Å². The van der Waals surface area contributed by atoms with Gasteiger partial charge in [-0.3, -0.25) is 4.68 Å². The van der Waals surface area contributed by atoms with Gasteiger partial charge < -0.3 is 9.64 Å². The second-order valence-electron chi connectivity index (χ2n) is 7.07. The van der Waals surface area contributed by atoms with E-state index in [1.165, 1.54) is 10.4 Å². The maximum atomic E-state index is 5.99. The third-order valence-electron chi connectivity index (χ3n) is 4.96. The minimum atomic E-state index is 0.0882. The zero-order chi connectivity index (χ0) is 18.9. The van der Waals surface area contributed by atoms with Gasteiger partial charge in [0.15, 0.2) is 0 Å². The van der Waals surface area contributed by atoms with Gasteiger partial charge in [-0.05, 0) is 24.1 Å². The normalized spacial score (nSPS) is 17.3. The summed E-state index contributed by atoms with van der Waals surface area (Å²) in [5.41, 5.74) is 2.38. The smallest absolute Gasteiger partial charge is 0.140 e. The Morgan fingerprint density at radius 3 is 2.93 bits per heavy atom. The Kier molecular flexibility index (Phi) is 4.54. The average molecular weight is 392 g/mol. The molecule has 1 aromatic carbocycles. The van der Waals surface area contributed by atoms with E-state index in [1.54, 1.807) is 17.7 Å². The Morgan fingerprint density at radius 2 is 2.11 bits per heavy atom. The van der Waals surface area contributed by atoms with Gasteiger partial charge in [0, 0.05) is 24.2 Å². The van der Waals surface area contributed by atoms with Gasteiger partial charge in [-0.1, -0.05) is 30.3 Å². The second-order valence-corrected chi connectivity index (χ2v) is 8.10. The van der Waals surface area contributed by atoms with Crippen LogP contribution >= 0.6 is 11.3 Å². The molecule has 0 aliphatic carbocycles. The molecule has 0 saturated carbocycles. The van der Waals surface area contributed by atoms with Crippen LogP contribution in [0.2, 0.25) is 0 Å². The highest BCUT2D eigenvalue weighted by Gasteiger charge is 2.24. The van der Waals surface area contributed by atoms with Crippen LogP contribution in [0, 0.1) is 6.92 Å². The van der Waals surface area contributed by atoms with Crippen molar-refractivity contribution in [3.8, 4) is 10.4 Å². The lowest BCUT2D eigenvalue weighted by molar-refractivity contribution is 0.0272. The molecule has 1 atom stereocenters. The Hall–Kier alpha value is -2.77. The topological polar surface area (TPSA) is 56.1 Å². The van der Waals surface area contributed by atoms with E-state index < -0.39 is 0 Å². The molecule has 1 aliphatic rings. The molecule has 7 heteroatoms. The minimum absolute atomic E-state index is 0.0882. The number of aromatic nitrogens is 4. The first-order chi connectivity index (χ1) is 13.8. The molecule has 0 N–H and O–H groups in total. The van der Waals surface area contributed by atoms with Crippen molar-refractivity contribution < 1.29 is 4.74 Å². The third-order valence-corrected chi connectivity index (χ3v) is 6.05. The van der Waals surface area contributed by atoms with Crippen LogP contribution < -0.4 is 4.90 Å². The van der Waals surface area contributed by atoms with Crippen molar-refractivity contribution in [3.05, 3.63) is 60.7 Å². The first kappa shape index (κ1) is 17.3. The highest BCUT2D eigenvalue weighted by atomic mass is 32.1. The molecule has 0 amide bonds. The van der Waals surface area contributed by atoms with E-state index in [2.05, 4.69) is 63.4 Å². The van der Waals surface area contributed by atoms with E-state index in [4.69, 9.17) is 4.74 Å². The quantitative estimate of drug-likeness (QED) is 0.530. The molecule has 6 nitrogen and oxygen atoms in total. The summed E-state index contributed by atoms with van der Waals surface area (Å²) in [5.74, 6) is 0.994. The summed E-state index contributed by atoms with van der Waals surface area (Å²) in [7, 11) is 0. The highest BCUT2D eigenvalue weighted by molar-refractivity contribution is 7.21. The van der Waals surface area contributed by atoms with Crippen LogP contribution in [0.15, 0.2) is 55.1 Å². The van der Waals surface area contributed by atoms with Crippen molar-refractivity contribution in [1.29, 1.82) is 0 Å². The van der Waals surface area contributed by atoms with E-state index in [9.17, 15) is 0 Å². The molecule has 1 unspecified atom stereocenters. The number of nitrogens with zero attached hydrogens (tertiary/aromatic N) is 5. The number of hydrogen-bond donors (Lipinski definition) is 0. The Bertz CT molecular complexity index is 1090. The van der Waals surface area contributed by atoms with E-state index in [0.29, 0.717) is 6.61 Å². The van der Waals surface area contributed by atoms with Crippen LogP contribution in [-0.2, 0) is 11.3 Å². The summed E-state index contributed by atoms with van der Waals surface area (Å²) in [6.07, 6.45) is 5.69. The summed E-state index contributed by atoms with van der Waals surface area (Å²) >= 11 is 1.71. The summed E-state index contributed by atoms with van der Waals surface area (Å²) < 4.78 is 7.94. The predicted octanol–water partition coefficient (Wildman–Crippen LogP) is 3.77. The van der Waals surface area contributed by atoms with E-state index >= 15 is 0 Å². The second kappa shape index (κ2) is 7.33. The lowest BCUT2D eigenvalue weighted by atomic mass is 10.2. The fraction of sp³-hybridized carbons (Fsp3) is 0.286. The molecule has 4 heterocycles. The summed E-state index contributed by atoms with van der Waals surface area (Å²) in [6, 6.07) is 12.7. The predicted molar refractivity (Wildman–Crippen MR) is 112 cm³/mol. The summed E-state index contributed by atoms with van der Waals surface area (Å²) in [6.45, 7) is 5.11. The van der Waals surface area contributed by atoms with Gasteiger partial charge in [0.25, 0.3) is 0 Å². The van der Waals surface area contributed by atoms with Crippen molar-refractivity contribution in [2.24, 2.45) is 0 Å². The standard InChI is InChI=1S/C21H21N5OS/c1-15-10-24-26(11-15)13-17-12-25(7-8-27-17)20-18-9-19(16-5-3-2-4-6-16)28-21(18)23-14-22-20/h2-6,9-11,14,17H,7-8,12-13H2,1H3. The van der Waals surface area contributed by atoms with Crippen molar-refractivity contribution >= 4 is 27.4 Å². The Labute approximate surface area is 167 Å². The Balaban J connectivity index is 1.42. The molecule has 142 valence electrons. The van der Waals surface area contributed by atoms with Crippen molar-refractivity contribution in [1.82, 2.24) is 19.7 Å². The minimum Gasteiger partial charge on any atom is -0.373 e. The van der Waals surface area contributed by atoms with Gasteiger partial charge in [0.2, 0.25) is 0 Å². The van der Waals surface area contributed by atoms with Gasteiger partial charge in [-0.2, -0.15) is 5.10 Å². The molecular formula is C21H21N5OS. The number of fused-ring (bicyclic) bond motifs is 1. The monoisotopic (exact) mass is 391 g/mol. The number of rotatable bonds is 4. The number of thiophene rings is 1. The van der Waals surface area contributed by atoms with Gasteiger partial charge in [-0.15, -0.1) is 11.3 Å². The van der Waals surface area contributed by atoms with E-state index in [0.717, 1.165) is 41.2 Å². The number of morpholine rings is 1. The molecule has 0 spiro atoms. The molecule has 1 fully saturated rings. The maximum Gasteiger partial charge on any atom is 0.140 e. The fourth-order valence-electron chi connectivity index (χ4n) is 3.64. The summed E-state index contributed by atoms with van der Waals surface area (Å²) in [4.78, 5) is 13.7. The van der Waals surface area contributed by atoms with Crippen molar-refractivity contribution in [2.45, 2.75) is 19.6 Å². The maximum absolute atomic E-state index is 5.99. The van der Waals surface area contributed by atoms with E-state index in [1.807, 2.05) is 16.9 Å². The largest absolute Gasteiger partial charge is 0.373 e.